The van der Waals surface area contributed by atoms with Crippen LogP contribution in [0.5, 0.6) is 0 Å². The maximum atomic E-state index is 11.7. The van der Waals surface area contributed by atoms with Crippen molar-refractivity contribution in [2.24, 2.45) is 0 Å². The molecule has 5 nitrogen and oxygen atoms in total. The normalized spacial score (nSPS) is 10.3. The molecule has 0 bridgehead atoms. The molecule has 1 N–H and O–H groups in total. The first-order chi connectivity index (χ1) is 9.64. The molecular formula is C16H25N3O2. The summed E-state index contributed by atoms with van der Waals surface area (Å²) in [5, 5.41) is 2.75. The van der Waals surface area contributed by atoms with E-state index in [1.165, 1.54) is 10.8 Å². The van der Waals surface area contributed by atoms with Gasteiger partial charge in [0.15, 0.2) is 12.0 Å². The van der Waals surface area contributed by atoms with Crippen LogP contribution in [0.3, 0.4) is 0 Å². The first-order valence-corrected chi connectivity index (χ1v) is 6.17. The Hall–Kier alpha value is -2.27. The topological polar surface area (TPSA) is 64.0 Å². The highest BCUT2D eigenvalue weighted by molar-refractivity contribution is 5.70. The van der Waals surface area contributed by atoms with Crippen LogP contribution in [0, 0.1) is 0 Å². The summed E-state index contributed by atoms with van der Waals surface area (Å²) in [5.74, 6) is 0. The van der Waals surface area contributed by atoms with Gasteiger partial charge in [-0.2, -0.15) is 0 Å². The molecule has 1 heterocycles. The first kappa shape index (κ1) is 21.0. The number of carbonyl (C=O) groups excluding carboxylic acids is 1. The van der Waals surface area contributed by atoms with Crippen LogP contribution in [-0.2, 0) is 6.54 Å². The van der Waals surface area contributed by atoms with Gasteiger partial charge in [0.25, 0.3) is 5.56 Å². The van der Waals surface area contributed by atoms with E-state index in [0.29, 0.717) is 12.8 Å². The van der Waals surface area contributed by atoms with Crippen molar-refractivity contribution in [3.8, 4) is 0 Å². The number of aromatic nitrogens is 2. The van der Waals surface area contributed by atoms with Gasteiger partial charge >= 0.3 is 0 Å². The lowest BCUT2D eigenvalue weighted by atomic mass is 10.2. The van der Waals surface area contributed by atoms with Gasteiger partial charge in [0.1, 0.15) is 0 Å². The summed E-state index contributed by atoms with van der Waals surface area (Å²) in [6.45, 7) is 5.87. The van der Waals surface area contributed by atoms with E-state index in [-0.39, 0.29) is 18.7 Å². The van der Waals surface area contributed by atoms with Gasteiger partial charge < -0.3 is 9.88 Å². The van der Waals surface area contributed by atoms with E-state index in [1.807, 2.05) is 33.2 Å². The molecule has 1 rings (SSSR count). The zero-order valence-corrected chi connectivity index (χ0v) is 12.2. The average molecular weight is 291 g/mol. The zero-order chi connectivity index (χ0) is 15.4. The summed E-state index contributed by atoms with van der Waals surface area (Å²) in [7, 11) is 3.75. The smallest absolute Gasteiger partial charge is 0.280 e. The predicted molar refractivity (Wildman–Crippen MR) is 88.7 cm³/mol. The summed E-state index contributed by atoms with van der Waals surface area (Å²) in [6.07, 6.45) is 10.7. The molecule has 0 amide bonds. The van der Waals surface area contributed by atoms with Crippen molar-refractivity contribution in [2.75, 3.05) is 14.1 Å². The highest BCUT2D eigenvalue weighted by atomic mass is 16.1. The zero-order valence-electron chi connectivity index (χ0n) is 12.2. The summed E-state index contributed by atoms with van der Waals surface area (Å²) < 4.78 is 1.44. The molecule has 0 fully saturated rings. The second kappa shape index (κ2) is 12.7. The lowest BCUT2D eigenvalue weighted by molar-refractivity contribution is 0.111. The van der Waals surface area contributed by atoms with Gasteiger partial charge in [-0.3, -0.25) is 9.59 Å². The molecule has 0 saturated heterocycles. The predicted octanol–water partition coefficient (Wildman–Crippen LogP) is 2.22. The molecule has 0 atom stereocenters. The van der Waals surface area contributed by atoms with Crippen LogP contribution in [0.15, 0.2) is 53.6 Å². The molecule has 1 aromatic heterocycles. The van der Waals surface area contributed by atoms with Gasteiger partial charge in [-0.25, -0.2) is 4.98 Å². The maximum Gasteiger partial charge on any atom is 0.280 e. The van der Waals surface area contributed by atoms with E-state index in [4.69, 9.17) is 0 Å². The molecule has 0 saturated carbocycles. The van der Waals surface area contributed by atoms with E-state index in [0.717, 1.165) is 5.57 Å². The molecule has 116 valence electrons. The number of hydrogen-bond acceptors (Lipinski definition) is 4. The minimum atomic E-state index is -0.381. The fraction of sp³-hybridized carbons (Fsp3) is 0.312. The highest BCUT2D eigenvalue weighted by Gasteiger charge is 2.03. The van der Waals surface area contributed by atoms with Gasteiger partial charge in [-0.15, -0.1) is 0 Å². The number of nitrogens with one attached hydrogen (secondary N) is 1. The second-order valence-electron chi connectivity index (χ2n) is 3.82. The van der Waals surface area contributed by atoms with Crippen molar-refractivity contribution in [3.63, 3.8) is 0 Å². The summed E-state index contributed by atoms with van der Waals surface area (Å²) in [5.41, 5.74) is 0.500. The summed E-state index contributed by atoms with van der Waals surface area (Å²) in [6, 6.07) is 0. The van der Waals surface area contributed by atoms with Crippen LogP contribution in [0.2, 0.25) is 0 Å². The third-order valence-corrected chi connectivity index (χ3v) is 2.22. The Morgan fingerprint density at radius 1 is 1.48 bits per heavy atom. The van der Waals surface area contributed by atoms with Crippen LogP contribution in [0.4, 0.5) is 0 Å². The fourth-order valence-corrected chi connectivity index (χ4v) is 1.30. The molecule has 0 radical (unpaired) electrons. The molecule has 0 aliphatic heterocycles. The van der Waals surface area contributed by atoms with E-state index in [9.17, 15) is 9.59 Å². The second-order valence-corrected chi connectivity index (χ2v) is 3.82. The minimum absolute atomic E-state index is 0. The van der Waals surface area contributed by atoms with Gasteiger partial charge in [-0.05, 0) is 26.6 Å². The Labute approximate surface area is 126 Å². The maximum absolute atomic E-state index is 11.7. The van der Waals surface area contributed by atoms with Crippen LogP contribution < -0.4 is 10.9 Å². The van der Waals surface area contributed by atoms with E-state index >= 15 is 0 Å². The standard InChI is InChI=1S/C13H14N2O2.C2H7N.CH4/c1-3-5-6-11(4-2)9-15-8-7-14-12(10-16)13(15)17;1-3-2;/h3-8,10H,1,9H2,2H3;3H,1-2H3;1H4/b6-5-,11-4+;;. The molecule has 21 heavy (non-hydrogen) atoms. The Bertz CT molecular complexity index is 543. The van der Waals surface area contributed by atoms with Crippen LogP contribution in [-0.4, -0.2) is 29.9 Å². The summed E-state index contributed by atoms with van der Waals surface area (Å²) >= 11 is 0. The van der Waals surface area contributed by atoms with Gasteiger partial charge in [0.05, 0.1) is 6.54 Å². The van der Waals surface area contributed by atoms with Gasteiger partial charge in [-0.1, -0.05) is 38.3 Å². The Morgan fingerprint density at radius 2 is 2.10 bits per heavy atom. The van der Waals surface area contributed by atoms with E-state index in [1.54, 1.807) is 18.3 Å². The third-order valence-electron chi connectivity index (χ3n) is 2.22. The molecule has 0 aliphatic carbocycles. The molecule has 0 aliphatic rings. The Morgan fingerprint density at radius 3 is 2.57 bits per heavy atom. The fourth-order valence-electron chi connectivity index (χ4n) is 1.30. The number of hydrogen-bond donors (Lipinski definition) is 1. The number of nitrogens with zero attached hydrogens (tertiary/aromatic N) is 2. The Balaban J connectivity index is 0. The van der Waals surface area contributed by atoms with Crippen LogP contribution in [0.25, 0.3) is 0 Å². The molecule has 1 aromatic rings. The first-order valence-electron chi connectivity index (χ1n) is 6.17. The van der Waals surface area contributed by atoms with Crippen molar-refractivity contribution >= 4 is 6.29 Å². The third kappa shape index (κ3) is 7.79. The average Bonchev–Trinajstić information content (AvgIpc) is 2.46. The lowest BCUT2D eigenvalue weighted by Gasteiger charge is -2.05. The van der Waals surface area contributed by atoms with Crippen molar-refractivity contribution in [2.45, 2.75) is 20.9 Å². The van der Waals surface area contributed by atoms with E-state index in [2.05, 4.69) is 16.9 Å². The molecule has 0 spiro atoms. The van der Waals surface area contributed by atoms with Crippen molar-refractivity contribution in [3.05, 3.63) is 64.9 Å². The van der Waals surface area contributed by atoms with Crippen molar-refractivity contribution in [1.82, 2.24) is 14.9 Å². The lowest BCUT2D eigenvalue weighted by Crippen LogP contribution is -2.24. The number of carbonyl (C=O) groups is 1. The van der Waals surface area contributed by atoms with Crippen molar-refractivity contribution < 1.29 is 4.79 Å². The van der Waals surface area contributed by atoms with Crippen molar-refractivity contribution in [1.29, 1.82) is 0 Å². The SMILES string of the molecule is C.C=C/C=C\C(=C/C)Cn1ccnc(C=O)c1=O.CNC. The largest absolute Gasteiger partial charge is 0.323 e. The monoisotopic (exact) mass is 291 g/mol. The summed E-state index contributed by atoms with van der Waals surface area (Å²) in [4.78, 5) is 26.0. The molecule has 5 heteroatoms. The highest BCUT2D eigenvalue weighted by Crippen LogP contribution is 2.00. The minimum Gasteiger partial charge on any atom is -0.323 e. The van der Waals surface area contributed by atoms with Crippen LogP contribution >= 0.6 is 0 Å². The number of aldehydes is 1. The Kier molecular flexibility index (Phi) is 12.8. The molecule has 0 unspecified atom stereocenters. The number of allylic oxidation sites excluding steroid dienone is 5. The van der Waals surface area contributed by atoms with Gasteiger partial charge in [0, 0.05) is 12.4 Å². The van der Waals surface area contributed by atoms with Gasteiger partial charge in [0.2, 0.25) is 0 Å². The van der Waals surface area contributed by atoms with E-state index < -0.39 is 0 Å². The number of rotatable bonds is 5. The quantitative estimate of drug-likeness (QED) is 0.667. The molecular weight excluding hydrogens is 266 g/mol. The molecule has 0 aromatic carbocycles. The van der Waals surface area contributed by atoms with Crippen LogP contribution in [0.1, 0.15) is 24.8 Å².